The van der Waals surface area contributed by atoms with E-state index < -0.39 is 21.7 Å². The predicted octanol–water partition coefficient (Wildman–Crippen LogP) is 4.15. The number of halogens is 1. The van der Waals surface area contributed by atoms with E-state index in [1.165, 1.54) is 17.0 Å². The molecule has 9 heteroatoms. The average Bonchev–Trinajstić information content (AvgIpc) is 3.17. The Bertz CT molecular complexity index is 1300. The number of aromatic amines is 1. The molecule has 3 aromatic rings. The molecule has 174 valence electrons. The molecule has 0 spiro atoms. The lowest BCUT2D eigenvalue weighted by Gasteiger charge is -2.26. The fourth-order valence-electron chi connectivity index (χ4n) is 3.85. The number of rotatable bonds is 7. The number of H-pyrrole nitrogens is 1. The second-order valence-electron chi connectivity index (χ2n) is 8.26. The molecule has 1 aromatic heterocycles. The Hall–Kier alpha value is -3.33. The molecule has 0 atom stereocenters. The molecule has 0 unspecified atom stereocenters. The zero-order valence-electron chi connectivity index (χ0n) is 18.5. The number of anilines is 1. The third-order valence-electron chi connectivity index (χ3n) is 5.36. The van der Waals surface area contributed by atoms with Crippen LogP contribution in [0.2, 0.25) is 0 Å². The number of hydrogen-bond acceptors (Lipinski definition) is 4. The molecule has 4 rings (SSSR count). The molecule has 0 saturated carbocycles. The quantitative estimate of drug-likeness (QED) is 0.542. The first-order valence-electron chi connectivity index (χ1n) is 10.7. The molecule has 7 nitrogen and oxygen atoms in total. The number of nitrogens with zero attached hydrogens (tertiary/aromatic N) is 1. The van der Waals surface area contributed by atoms with Gasteiger partial charge in [-0.2, -0.15) is 0 Å². The highest BCUT2D eigenvalue weighted by Gasteiger charge is 2.24. The number of amides is 1. The van der Waals surface area contributed by atoms with E-state index in [9.17, 15) is 17.6 Å². The number of hydrogen-bond donors (Lipinski definition) is 2. The van der Waals surface area contributed by atoms with Crippen LogP contribution in [0.1, 0.15) is 25.8 Å². The summed E-state index contributed by atoms with van der Waals surface area (Å²) in [4.78, 5) is 17.2. The van der Waals surface area contributed by atoms with Crippen molar-refractivity contribution < 1.29 is 22.3 Å². The molecule has 0 radical (unpaired) electrons. The number of ether oxygens (including phenoxy) is 1. The molecule has 1 aliphatic rings. The van der Waals surface area contributed by atoms with E-state index in [1.807, 2.05) is 26.1 Å². The molecule has 1 aliphatic heterocycles. The zero-order chi connectivity index (χ0) is 23.6. The van der Waals surface area contributed by atoms with Crippen molar-refractivity contribution in [2.45, 2.75) is 26.4 Å². The van der Waals surface area contributed by atoms with Gasteiger partial charge in [0.05, 0.1) is 6.10 Å². The van der Waals surface area contributed by atoms with Crippen LogP contribution in [0.5, 0.6) is 5.75 Å². The van der Waals surface area contributed by atoms with Gasteiger partial charge in [-0.15, -0.1) is 0 Å². The molecule has 0 bridgehead atoms. The molecule has 2 N–H and O–H groups in total. The fraction of sp³-hybridized carbons (Fsp3) is 0.292. The van der Waals surface area contributed by atoms with Gasteiger partial charge in [-0.25, -0.2) is 12.8 Å². The van der Waals surface area contributed by atoms with Crippen molar-refractivity contribution in [3.63, 3.8) is 0 Å². The summed E-state index contributed by atoms with van der Waals surface area (Å²) in [6.45, 7) is 4.54. The molecule has 0 fully saturated rings. The number of benzene rings is 2. The summed E-state index contributed by atoms with van der Waals surface area (Å²) in [5.74, 6) is -0.758. The first-order chi connectivity index (χ1) is 15.7. The van der Waals surface area contributed by atoms with Gasteiger partial charge in [-0.3, -0.25) is 9.52 Å². The minimum Gasteiger partial charge on any atom is -0.491 e. The van der Waals surface area contributed by atoms with Crippen LogP contribution in [0.25, 0.3) is 16.5 Å². The van der Waals surface area contributed by atoms with Crippen molar-refractivity contribution in [3.05, 3.63) is 66.1 Å². The van der Waals surface area contributed by atoms with Crippen LogP contribution in [-0.4, -0.2) is 49.2 Å². The smallest absolute Gasteiger partial charge is 0.241 e. The molecular formula is C24H26FN3O4S. The van der Waals surface area contributed by atoms with Crippen LogP contribution in [0.4, 0.5) is 10.1 Å². The van der Waals surface area contributed by atoms with E-state index in [0.29, 0.717) is 36.5 Å². The summed E-state index contributed by atoms with van der Waals surface area (Å²) in [7, 11) is -3.85. The Balaban J connectivity index is 1.37. The van der Waals surface area contributed by atoms with Crippen molar-refractivity contribution in [2.75, 3.05) is 23.6 Å². The monoisotopic (exact) mass is 471 g/mol. The van der Waals surface area contributed by atoms with Gasteiger partial charge in [-0.05, 0) is 68.3 Å². The maximum atomic E-state index is 13.4. The number of nitrogens with one attached hydrogen (secondary N) is 2. The van der Waals surface area contributed by atoms with Gasteiger partial charge in [0.15, 0.2) is 0 Å². The van der Waals surface area contributed by atoms with Crippen molar-refractivity contribution in [3.8, 4) is 5.75 Å². The normalized spacial score (nSPS) is 14.4. The molecule has 2 aromatic carbocycles. The molecule has 1 amide bonds. The summed E-state index contributed by atoms with van der Waals surface area (Å²) in [5, 5.41) is 0.916. The molecular weight excluding hydrogens is 445 g/mol. The minimum absolute atomic E-state index is 0.0169. The van der Waals surface area contributed by atoms with Gasteiger partial charge in [0.25, 0.3) is 0 Å². The number of fused-ring (bicyclic) bond motifs is 1. The van der Waals surface area contributed by atoms with Crippen molar-refractivity contribution >= 4 is 38.1 Å². The fourth-order valence-corrected chi connectivity index (χ4v) is 4.92. The van der Waals surface area contributed by atoms with Crippen LogP contribution < -0.4 is 9.46 Å². The number of sulfonamides is 1. The van der Waals surface area contributed by atoms with Crippen LogP contribution in [0.3, 0.4) is 0 Å². The lowest BCUT2D eigenvalue weighted by molar-refractivity contribution is -0.128. The SMILES string of the molecule is CC(C)Oc1ccc(NS(=O)(=O)CC(=O)N2CC=C(c3c[nH]c4cc(F)ccc34)CC2)cc1. The van der Waals surface area contributed by atoms with Crippen LogP contribution in [0.15, 0.2) is 54.7 Å². The summed E-state index contributed by atoms with van der Waals surface area (Å²) in [5.41, 5.74) is 3.10. The average molecular weight is 472 g/mol. The number of aromatic nitrogens is 1. The highest BCUT2D eigenvalue weighted by atomic mass is 32.2. The van der Waals surface area contributed by atoms with E-state index in [4.69, 9.17) is 4.74 Å². The summed E-state index contributed by atoms with van der Waals surface area (Å²) in [6.07, 6.45) is 4.35. The van der Waals surface area contributed by atoms with Gasteiger partial charge in [0.1, 0.15) is 17.3 Å². The standard InChI is InChI=1S/C24H26FN3O4S/c1-16(2)32-20-6-4-19(5-7-20)27-33(30,31)15-24(29)28-11-9-17(10-12-28)22-14-26-23-13-18(25)3-8-21(22)23/h3-9,13-14,16,26-27H,10-12,15H2,1-2H3. The highest BCUT2D eigenvalue weighted by molar-refractivity contribution is 7.93. The van der Waals surface area contributed by atoms with Crippen LogP contribution >= 0.6 is 0 Å². The summed E-state index contributed by atoms with van der Waals surface area (Å²) >= 11 is 0. The first kappa shape index (κ1) is 22.8. The van der Waals surface area contributed by atoms with E-state index in [-0.39, 0.29) is 11.9 Å². The van der Waals surface area contributed by atoms with Gasteiger partial charge in [0, 0.05) is 41.4 Å². The van der Waals surface area contributed by atoms with Gasteiger partial charge in [0.2, 0.25) is 15.9 Å². The van der Waals surface area contributed by atoms with E-state index in [1.54, 1.807) is 30.3 Å². The minimum atomic E-state index is -3.85. The summed E-state index contributed by atoms with van der Waals surface area (Å²) in [6, 6.07) is 11.1. The third-order valence-corrected chi connectivity index (χ3v) is 6.54. The second kappa shape index (κ2) is 9.27. The molecule has 33 heavy (non-hydrogen) atoms. The maximum absolute atomic E-state index is 13.4. The Morgan fingerprint density at radius 3 is 2.64 bits per heavy atom. The van der Waals surface area contributed by atoms with E-state index in [2.05, 4.69) is 9.71 Å². The Kier molecular flexibility index (Phi) is 6.42. The predicted molar refractivity (Wildman–Crippen MR) is 127 cm³/mol. The van der Waals surface area contributed by atoms with Gasteiger partial charge in [-0.1, -0.05) is 6.08 Å². The van der Waals surface area contributed by atoms with Gasteiger partial charge >= 0.3 is 0 Å². The Morgan fingerprint density at radius 1 is 1.21 bits per heavy atom. The van der Waals surface area contributed by atoms with Crippen molar-refractivity contribution in [2.24, 2.45) is 0 Å². The van der Waals surface area contributed by atoms with Crippen LogP contribution in [-0.2, 0) is 14.8 Å². The highest BCUT2D eigenvalue weighted by Crippen LogP contribution is 2.29. The van der Waals surface area contributed by atoms with Crippen LogP contribution in [0, 0.1) is 5.82 Å². The lowest BCUT2D eigenvalue weighted by atomic mass is 9.99. The molecule has 0 aliphatic carbocycles. The number of carbonyl (C=O) groups is 1. The second-order valence-corrected chi connectivity index (χ2v) is 9.99. The lowest BCUT2D eigenvalue weighted by Crippen LogP contribution is -2.39. The van der Waals surface area contributed by atoms with E-state index in [0.717, 1.165) is 16.5 Å². The van der Waals surface area contributed by atoms with Crippen molar-refractivity contribution in [1.29, 1.82) is 0 Å². The molecule has 2 heterocycles. The maximum Gasteiger partial charge on any atom is 0.241 e. The van der Waals surface area contributed by atoms with Crippen molar-refractivity contribution in [1.82, 2.24) is 9.88 Å². The van der Waals surface area contributed by atoms with E-state index >= 15 is 0 Å². The summed E-state index contributed by atoms with van der Waals surface area (Å²) < 4.78 is 46.4. The van der Waals surface area contributed by atoms with Gasteiger partial charge < -0.3 is 14.6 Å². The first-order valence-corrected chi connectivity index (χ1v) is 12.4. The molecule has 0 saturated heterocycles. The number of carbonyl (C=O) groups excluding carboxylic acids is 1. The zero-order valence-corrected chi connectivity index (χ0v) is 19.3. The Morgan fingerprint density at radius 2 is 1.97 bits per heavy atom. The Labute approximate surface area is 192 Å². The third kappa shape index (κ3) is 5.54. The largest absolute Gasteiger partial charge is 0.491 e. The topological polar surface area (TPSA) is 91.5 Å².